The van der Waals surface area contributed by atoms with Crippen LogP contribution in [0, 0.1) is 0 Å². The second-order valence-electron chi connectivity index (χ2n) is 6.50. The van der Waals surface area contributed by atoms with Gasteiger partial charge in [0.25, 0.3) is 0 Å². The monoisotopic (exact) mass is 299 g/mol. The predicted molar refractivity (Wildman–Crippen MR) is 86.5 cm³/mol. The summed E-state index contributed by atoms with van der Waals surface area (Å²) < 4.78 is 5.42. The minimum absolute atomic E-state index is 0.246. The number of hydrogen-bond acceptors (Lipinski definition) is 3. The molecule has 5 nitrogen and oxygen atoms in total. The first-order chi connectivity index (χ1) is 10.4. The molecule has 0 radical (unpaired) electrons. The number of amides is 1. The quantitative estimate of drug-likeness (QED) is 0.875. The number of pyridine rings is 1. The summed E-state index contributed by atoms with van der Waals surface area (Å²) in [6.45, 7) is 6.91. The summed E-state index contributed by atoms with van der Waals surface area (Å²) >= 11 is 0. The van der Waals surface area contributed by atoms with E-state index in [9.17, 15) is 4.79 Å². The number of aromatic amines is 1. The van der Waals surface area contributed by atoms with Crippen LogP contribution < -0.4 is 0 Å². The molecule has 2 aromatic rings. The first kappa shape index (κ1) is 14.6. The molecule has 3 heterocycles. The molecule has 0 aliphatic carbocycles. The first-order valence-electron chi connectivity index (χ1n) is 7.53. The molecule has 1 amide bonds. The van der Waals surface area contributed by atoms with E-state index in [0.717, 1.165) is 17.5 Å². The molecular weight excluding hydrogens is 278 g/mol. The molecule has 2 aromatic heterocycles. The van der Waals surface area contributed by atoms with Crippen LogP contribution in [0.3, 0.4) is 0 Å². The zero-order chi connectivity index (χ0) is 15.7. The molecule has 1 aliphatic rings. The summed E-state index contributed by atoms with van der Waals surface area (Å²) in [6.07, 6.45) is 6.40. The van der Waals surface area contributed by atoms with Crippen LogP contribution in [-0.4, -0.2) is 39.7 Å². The Morgan fingerprint density at radius 2 is 2.18 bits per heavy atom. The summed E-state index contributed by atoms with van der Waals surface area (Å²) in [7, 11) is 0. The van der Waals surface area contributed by atoms with Crippen molar-refractivity contribution in [3.8, 4) is 0 Å². The number of rotatable bonds is 1. The molecule has 1 aliphatic heterocycles. The largest absolute Gasteiger partial charge is 0.444 e. The smallest absolute Gasteiger partial charge is 0.410 e. The van der Waals surface area contributed by atoms with Crippen molar-refractivity contribution < 1.29 is 9.53 Å². The molecule has 5 heteroatoms. The number of ether oxygens (including phenoxy) is 1. The Morgan fingerprint density at radius 3 is 2.86 bits per heavy atom. The molecule has 0 saturated heterocycles. The van der Waals surface area contributed by atoms with Gasteiger partial charge in [0.2, 0.25) is 0 Å². The van der Waals surface area contributed by atoms with E-state index in [1.807, 2.05) is 45.3 Å². The Hall–Kier alpha value is -2.30. The van der Waals surface area contributed by atoms with Crippen molar-refractivity contribution in [1.82, 2.24) is 14.9 Å². The Kier molecular flexibility index (Phi) is 3.64. The van der Waals surface area contributed by atoms with Crippen molar-refractivity contribution in [1.29, 1.82) is 0 Å². The standard InChI is InChI=1S/C17H21N3O2/c1-17(2,3)22-16(21)20-10-6-12(7-11-20)13-4-8-18-15-14(13)5-9-19-15/h4-6,8-9H,7,10-11H2,1-3H3,(H,18,19). The van der Waals surface area contributed by atoms with Gasteiger partial charge in [0.1, 0.15) is 11.2 Å². The van der Waals surface area contributed by atoms with E-state index in [4.69, 9.17) is 4.74 Å². The molecule has 0 atom stereocenters. The van der Waals surface area contributed by atoms with Gasteiger partial charge in [0, 0.05) is 30.9 Å². The molecule has 0 fully saturated rings. The molecule has 0 bridgehead atoms. The summed E-state index contributed by atoms with van der Waals surface area (Å²) in [5.41, 5.74) is 2.89. The number of nitrogens with zero attached hydrogens (tertiary/aromatic N) is 2. The van der Waals surface area contributed by atoms with Crippen LogP contribution in [-0.2, 0) is 4.74 Å². The molecule has 22 heavy (non-hydrogen) atoms. The van der Waals surface area contributed by atoms with Crippen LogP contribution in [0.4, 0.5) is 4.79 Å². The lowest BCUT2D eigenvalue weighted by atomic mass is 9.98. The van der Waals surface area contributed by atoms with Crippen LogP contribution in [0.15, 0.2) is 30.6 Å². The molecule has 1 N–H and O–H groups in total. The molecule has 0 aromatic carbocycles. The average Bonchev–Trinajstić information content (AvgIpc) is 2.94. The zero-order valence-electron chi connectivity index (χ0n) is 13.2. The second kappa shape index (κ2) is 5.48. The molecular formula is C17H21N3O2. The summed E-state index contributed by atoms with van der Waals surface area (Å²) in [4.78, 5) is 21.3. The van der Waals surface area contributed by atoms with Crippen LogP contribution >= 0.6 is 0 Å². The number of H-pyrrole nitrogens is 1. The maximum atomic E-state index is 12.1. The number of nitrogens with one attached hydrogen (secondary N) is 1. The lowest BCUT2D eigenvalue weighted by Gasteiger charge is -2.29. The Bertz CT molecular complexity index is 725. The van der Waals surface area contributed by atoms with Gasteiger partial charge in [0.15, 0.2) is 0 Å². The highest BCUT2D eigenvalue weighted by molar-refractivity contribution is 5.90. The fraction of sp³-hybridized carbons (Fsp3) is 0.412. The van der Waals surface area contributed by atoms with Gasteiger partial charge in [-0.2, -0.15) is 0 Å². The third-order valence-corrected chi connectivity index (χ3v) is 3.67. The van der Waals surface area contributed by atoms with E-state index < -0.39 is 5.60 Å². The zero-order valence-corrected chi connectivity index (χ0v) is 13.2. The number of hydrogen-bond donors (Lipinski definition) is 1. The Labute approximate surface area is 130 Å². The first-order valence-corrected chi connectivity index (χ1v) is 7.53. The molecule has 116 valence electrons. The van der Waals surface area contributed by atoms with Gasteiger partial charge in [0.05, 0.1) is 0 Å². The van der Waals surface area contributed by atoms with Gasteiger partial charge < -0.3 is 14.6 Å². The van der Waals surface area contributed by atoms with Crippen LogP contribution in [0.1, 0.15) is 32.8 Å². The van der Waals surface area contributed by atoms with E-state index in [1.54, 1.807) is 4.90 Å². The molecule has 0 unspecified atom stereocenters. The third kappa shape index (κ3) is 2.98. The SMILES string of the molecule is CC(C)(C)OC(=O)N1CC=C(c2ccnc3[nH]ccc23)CC1. The van der Waals surface area contributed by atoms with Crippen LogP contribution in [0.25, 0.3) is 16.6 Å². The minimum Gasteiger partial charge on any atom is -0.444 e. The van der Waals surface area contributed by atoms with Crippen LogP contribution in [0.2, 0.25) is 0 Å². The Morgan fingerprint density at radius 1 is 1.36 bits per heavy atom. The van der Waals surface area contributed by atoms with Crippen molar-refractivity contribution >= 4 is 22.7 Å². The van der Waals surface area contributed by atoms with Crippen molar-refractivity contribution in [2.45, 2.75) is 32.8 Å². The van der Waals surface area contributed by atoms with Crippen molar-refractivity contribution in [3.05, 3.63) is 36.2 Å². The van der Waals surface area contributed by atoms with Crippen molar-refractivity contribution in [2.24, 2.45) is 0 Å². The van der Waals surface area contributed by atoms with Crippen LogP contribution in [0.5, 0.6) is 0 Å². The summed E-state index contributed by atoms with van der Waals surface area (Å²) in [5.74, 6) is 0. The fourth-order valence-electron chi connectivity index (χ4n) is 2.65. The number of fused-ring (bicyclic) bond motifs is 1. The highest BCUT2D eigenvalue weighted by Crippen LogP contribution is 2.28. The van der Waals surface area contributed by atoms with E-state index >= 15 is 0 Å². The molecule has 0 spiro atoms. The van der Waals surface area contributed by atoms with E-state index in [-0.39, 0.29) is 6.09 Å². The minimum atomic E-state index is -0.455. The van der Waals surface area contributed by atoms with Gasteiger partial charge in [-0.15, -0.1) is 0 Å². The maximum Gasteiger partial charge on any atom is 0.410 e. The number of carbonyl (C=O) groups is 1. The molecule has 0 saturated carbocycles. The van der Waals surface area contributed by atoms with E-state index in [1.165, 1.54) is 11.1 Å². The second-order valence-corrected chi connectivity index (χ2v) is 6.50. The van der Waals surface area contributed by atoms with Crippen molar-refractivity contribution in [3.63, 3.8) is 0 Å². The maximum absolute atomic E-state index is 12.1. The third-order valence-electron chi connectivity index (χ3n) is 3.67. The number of carbonyl (C=O) groups excluding carboxylic acids is 1. The van der Waals surface area contributed by atoms with Gasteiger partial charge in [-0.1, -0.05) is 6.08 Å². The van der Waals surface area contributed by atoms with E-state index in [0.29, 0.717) is 13.1 Å². The topological polar surface area (TPSA) is 58.2 Å². The average molecular weight is 299 g/mol. The van der Waals surface area contributed by atoms with Crippen molar-refractivity contribution in [2.75, 3.05) is 13.1 Å². The summed E-state index contributed by atoms with van der Waals surface area (Å²) in [6, 6.07) is 4.07. The van der Waals surface area contributed by atoms with Gasteiger partial charge >= 0.3 is 6.09 Å². The van der Waals surface area contributed by atoms with Gasteiger partial charge in [-0.05, 0) is 50.5 Å². The highest BCUT2D eigenvalue weighted by Gasteiger charge is 2.24. The molecule has 3 rings (SSSR count). The lowest BCUT2D eigenvalue weighted by Crippen LogP contribution is -2.39. The Balaban J connectivity index is 1.77. The highest BCUT2D eigenvalue weighted by atomic mass is 16.6. The fourth-order valence-corrected chi connectivity index (χ4v) is 2.65. The summed E-state index contributed by atoms with van der Waals surface area (Å²) in [5, 5.41) is 1.12. The van der Waals surface area contributed by atoms with Gasteiger partial charge in [-0.25, -0.2) is 9.78 Å². The van der Waals surface area contributed by atoms with E-state index in [2.05, 4.69) is 16.0 Å². The van der Waals surface area contributed by atoms with Gasteiger partial charge in [-0.3, -0.25) is 0 Å². The normalized spacial score (nSPS) is 15.8. The number of aromatic nitrogens is 2. The predicted octanol–water partition coefficient (Wildman–Crippen LogP) is 3.59. The lowest BCUT2D eigenvalue weighted by molar-refractivity contribution is 0.0270.